The summed E-state index contributed by atoms with van der Waals surface area (Å²) in [5, 5.41) is 4.05. The molecular weight excluding hydrogens is 390 g/mol. The predicted octanol–water partition coefficient (Wildman–Crippen LogP) is 4.50. The van der Waals surface area contributed by atoms with Gasteiger partial charge in [-0.3, -0.25) is 4.98 Å². The Morgan fingerprint density at radius 2 is 1.93 bits per heavy atom. The fourth-order valence-corrected chi connectivity index (χ4v) is 3.54. The first kappa shape index (κ1) is 19.6. The molecule has 0 atom stereocenters. The molecule has 3 aromatic rings. The van der Waals surface area contributed by atoms with Crippen LogP contribution in [0.2, 0.25) is 0 Å². The van der Waals surface area contributed by atoms with Crippen LogP contribution in [0.15, 0.2) is 45.9 Å². The highest BCUT2D eigenvalue weighted by atomic mass is 32.2. The summed E-state index contributed by atoms with van der Waals surface area (Å²) in [7, 11) is -3.32. The molecule has 1 aliphatic carbocycles. The van der Waals surface area contributed by atoms with Crippen LogP contribution in [0.5, 0.6) is 11.5 Å². The summed E-state index contributed by atoms with van der Waals surface area (Å²) in [4.78, 5) is 9.18. The van der Waals surface area contributed by atoms with Crippen LogP contribution >= 0.6 is 0 Å². The number of nitrogens with zero attached hydrogens (tertiary/aromatic N) is 3. The van der Waals surface area contributed by atoms with Gasteiger partial charge in [0, 0.05) is 29.5 Å². The van der Waals surface area contributed by atoms with Gasteiger partial charge in [-0.2, -0.15) is 4.98 Å². The van der Waals surface area contributed by atoms with Gasteiger partial charge in [0.2, 0.25) is 11.7 Å². The van der Waals surface area contributed by atoms with Crippen molar-refractivity contribution >= 4 is 9.84 Å². The Morgan fingerprint density at radius 3 is 2.55 bits per heavy atom. The second-order valence-electron chi connectivity index (χ2n) is 8.40. The molecule has 2 heterocycles. The predicted molar refractivity (Wildman–Crippen MR) is 108 cm³/mol. The molecule has 0 spiro atoms. The molecule has 0 bridgehead atoms. The number of rotatable bonds is 5. The molecule has 152 valence electrons. The third-order valence-electron chi connectivity index (χ3n) is 4.67. The van der Waals surface area contributed by atoms with Crippen molar-refractivity contribution in [3.63, 3.8) is 0 Å². The SMILES string of the molecule is CC(C)(C)c1nc(-c2cc(Oc3cccc(S(C)(=O)=O)c3)c(C3CC3)cn2)no1. The van der Waals surface area contributed by atoms with Crippen molar-refractivity contribution in [2.75, 3.05) is 6.26 Å². The molecule has 4 rings (SSSR count). The first-order valence-corrected chi connectivity index (χ1v) is 11.3. The lowest BCUT2D eigenvalue weighted by molar-refractivity contribution is 0.321. The zero-order chi connectivity index (χ0) is 20.8. The lowest BCUT2D eigenvalue weighted by Crippen LogP contribution is -2.11. The van der Waals surface area contributed by atoms with Crippen LogP contribution in [0.25, 0.3) is 11.5 Å². The largest absolute Gasteiger partial charge is 0.457 e. The molecule has 0 aliphatic heterocycles. The highest BCUT2D eigenvalue weighted by molar-refractivity contribution is 7.90. The minimum atomic E-state index is -3.32. The van der Waals surface area contributed by atoms with E-state index in [4.69, 9.17) is 9.26 Å². The number of aromatic nitrogens is 3. The molecule has 7 nitrogen and oxygen atoms in total. The van der Waals surface area contributed by atoms with E-state index in [1.54, 1.807) is 30.5 Å². The first-order chi connectivity index (χ1) is 13.6. The molecular formula is C21H23N3O4S. The fraction of sp³-hybridized carbons (Fsp3) is 0.381. The van der Waals surface area contributed by atoms with Gasteiger partial charge in [-0.05, 0) is 37.0 Å². The molecule has 0 saturated heterocycles. The first-order valence-electron chi connectivity index (χ1n) is 9.44. The summed E-state index contributed by atoms with van der Waals surface area (Å²) < 4.78 is 35.2. The van der Waals surface area contributed by atoms with Crippen molar-refractivity contribution in [1.82, 2.24) is 15.1 Å². The molecule has 1 fully saturated rings. The number of ether oxygens (including phenoxy) is 1. The van der Waals surface area contributed by atoms with Crippen molar-refractivity contribution in [3.8, 4) is 23.0 Å². The number of hydrogen-bond acceptors (Lipinski definition) is 7. The van der Waals surface area contributed by atoms with Gasteiger partial charge in [-0.25, -0.2) is 8.42 Å². The summed E-state index contributed by atoms with van der Waals surface area (Å²) in [6.45, 7) is 5.99. The van der Waals surface area contributed by atoms with E-state index < -0.39 is 9.84 Å². The minimum absolute atomic E-state index is 0.213. The highest BCUT2D eigenvalue weighted by Crippen LogP contribution is 2.45. The Balaban J connectivity index is 1.71. The maximum Gasteiger partial charge on any atom is 0.232 e. The Labute approximate surface area is 170 Å². The van der Waals surface area contributed by atoms with E-state index in [0.29, 0.717) is 34.8 Å². The van der Waals surface area contributed by atoms with E-state index in [1.165, 1.54) is 12.3 Å². The van der Waals surface area contributed by atoms with Crippen molar-refractivity contribution in [2.45, 2.75) is 49.8 Å². The average molecular weight is 413 g/mol. The highest BCUT2D eigenvalue weighted by Gasteiger charge is 2.29. The molecule has 0 N–H and O–H groups in total. The zero-order valence-electron chi connectivity index (χ0n) is 16.8. The molecule has 0 radical (unpaired) electrons. The normalized spacial score (nSPS) is 14.8. The van der Waals surface area contributed by atoms with Crippen molar-refractivity contribution < 1.29 is 17.7 Å². The topological polar surface area (TPSA) is 95.2 Å². The van der Waals surface area contributed by atoms with Gasteiger partial charge in [0.05, 0.1) is 4.90 Å². The molecule has 1 aliphatic rings. The fourth-order valence-electron chi connectivity index (χ4n) is 2.89. The van der Waals surface area contributed by atoms with Crippen molar-refractivity contribution in [1.29, 1.82) is 0 Å². The Kier molecular flexibility index (Phi) is 4.69. The second-order valence-corrected chi connectivity index (χ2v) is 10.4. The molecule has 0 unspecified atom stereocenters. The van der Waals surface area contributed by atoms with Crippen LogP contribution in [0.4, 0.5) is 0 Å². The number of sulfone groups is 1. The molecule has 1 saturated carbocycles. The van der Waals surface area contributed by atoms with E-state index in [2.05, 4.69) is 15.1 Å². The van der Waals surface area contributed by atoms with Gasteiger partial charge in [-0.15, -0.1) is 0 Å². The second kappa shape index (κ2) is 6.95. The quantitative estimate of drug-likeness (QED) is 0.607. The third-order valence-corrected chi connectivity index (χ3v) is 5.78. The number of hydrogen-bond donors (Lipinski definition) is 0. The van der Waals surface area contributed by atoms with Crippen molar-refractivity contribution in [2.24, 2.45) is 0 Å². The molecule has 1 aromatic carbocycles. The van der Waals surface area contributed by atoms with Crippen LogP contribution in [0, 0.1) is 0 Å². The summed E-state index contributed by atoms with van der Waals surface area (Å²) in [5.41, 5.74) is 1.28. The van der Waals surface area contributed by atoms with Gasteiger partial charge < -0.3 is 9.26 Å². The van der Waals surface area contributed by atoms with E-state index >= 15 is 0 Å². The maximum atomic E-state index is 11.9. The van der Waals surface area contributed by atoms with Gasteiger partial charge >= 0.3 is 0 Å². The lowest BCUT2D eigenvalue weighted by atomic mass is 9.97. The summed E-state index contributed by atoms with van der Waals surface area (Å²) in [6, 6.07) is 8.27. The molecule has 8 heteroatoms. The van der Waals surface area contributed by atoms with Crippen molar-refractivity contribution in [3.05, 3.63) is 48.0 Å². The number of pyridine rings is 1. The smallest absolute Gasteiger partial charge is 0.232 e. The Hall–Kier alpha value is -2.74. The minimum Gasteiger partial charge on any atom is -0.457 e. The van der Waals surface area contributed by atoms with E-state index in [1.807, 2.05) is 20.8 Å². The summed E-state index contributed by atoms with van der Waals surface area (Å²) >= 11 is 0. The lowest BCUT2D eigenvalue weighted by Gasteiger charge is -2.12. The van der Waals surface area contributed by atoms with Gasteiger partial charge in [0.15, 0.2) is 9.84 Å². The average Bonchev–Trinajstić information content (AvgIpc) is 3.35. The molecule has 0 amide bonds. The van der Waals surface area contributed by atoms with Gasteiger partial charge in [0.1, 0.15) is 17.2 Å². The molecule has 2 aromatic heterocycles. The monoisotopic (exact) mass is 413 g/mol. The van der Waals surface area contributed by atoms with Crippen LogP contribution in [0.3, 0.4) is 0 Å². The van der Waals surface area contributed by atoms with Crippen LogP contribution < -0.4 is 4.74 Å². The van der Waals surface area contributed by atoms with Gasteiger partial charge in [-0.1, -0.05) is 32.0 Å². The number of benzene rings is 1. The maximum absolute atomic E-state index is 11.9. The van der Waals surface area contributed by atoms with E-state index in [0.717, 1.165) is 18.4 Å². The van der Waals surface area contributed by atoms with E-state index in [9.17, 15) is 8.42 Å². The van der Waals surface area contributed by atoms with Crippen LogP contribution in [0.1, 0.15) is 51.0 Å². The Morgan fingerprint density at radius 1 is 1.17 bits per heavy atom. The Bertz CT molecular complexity index is 1160. The molecule has 29 heavy (non-hydrogen) atoms. The van der Waals surface area contributed by atoms with Crippen LogP contribution in [-0.4, -0.2) is 29.8 Å². The van der Waals surface area contributed by atoms with Crippen LogP contribution in [-0.2, 0) is 15.3 Å². The standard InChI is InChI=1S/C21H23N3O4S/c1-21(2,3)20-23-19(24-28-20)17-11-18(16(12-22-17)13-8-9-13)27-14-6-5-7-15(10-14)29(4,25)26/h5-7,10-13H,8-9H2,1-4H3. The summed E-state index contributed by atoms with van der Waals surface area (Å²) in [6.07, 6.45) is 5.12. The van der Waals surface area contributed by atoms with Gasteiger partial charge in [0.25, 0.3) is 0 Å². The summed E-state index contributed by atoms with van der Waals surface area (Å²) in [5.74, 6) is 2.41. The zero-order valence-corrected chi connectivity index (χ0v) is 17.7. The third kappa shape index (κ3) is 4.32. The van der Waals surface area contributed by atoms with E-state index in [-0.39, 0.29) is 10.3 Å².